The normalized spacial score (nSPS) is 10.5. The van der Waals surface area contributed by atoms with Crippen LogP contribution in [0.2, 0.25) is 0 Å². The zero-order chi connectivity index (χ0) is 24.0. The van der Waals surface area contributed by atoms with Gasteiger partial charge in [-0.1, -0.05) is 42.5 Å². The summed E-state index contributed by atoms with van der Waals surface area (Å²) in [7, 11) is 0. The standard InChI is InChI=1S/C25H18BrN7OS/c26-17-13-15-35-23(17)21-12-14-27-24(29-21)28-19-8-4-5-9-20(19)30-25(34)31-22-11-10-18(32-33-22)16-6-2-1-3-7-16/h1-15H,(H,27,28,29)(H2,30,31,33,34). The number of nitrogens with one attached hydrogen (secondary N) is 3. The van der Waals surface area contributed by atoms with E-state index in [0.29, 0.717) is 23.1 Å². The van der Waals surface area contributed by atoms with Crippen LogP contribution in [0, 0.1) is 0 Å². The maximum atomic E-state index is 12.6. The zero-order valence-corrected chi connectivity index (χ0v) is 20.5. The molecule has 172 valence electrons. The SMILES string of the molecule is O=C(Nc1ccc(-c2ccccc2)nn1)Nc1ccccc1Nc1nccc(-c2sccc2Br)n1. The Bertz CT molecular complexity index is 1460. The number of hydrogen-bond donors (Lipinski definition) is 3. The van der Waals surface area contributed by atoms with Crippen molar-refractivity contribution in [3.63, 3.8) is 0 Å². The Morgan fingerprint density at radius 1 is 0.800 bits per heavy atom. The van der Waals surface area contributed by atoms with E-state index in [9.17, 15) is 4.79 Å². The monoisotopic (exact) mass is 543 g/mol. The van der Waals surface area contributed by atoms with Gasteiger partial charge in [-0.2, -0.15) is 0 Å². The van der Waals surface area contributed by atoms with Crippen LogP contribution in [0.3, 0.4) is 0 Å². The molecule has 0 bridgehead atoms. The highest BCUT2D eigenvalue weighted by atomic mass is 79.9. The van der Waals surface area contributed by atoms with Gasteiger partial charge in [-0.25, -0.2) is 14.8 Å². The average Bonchev–Trinajstić information content (AvgIpc) is 3.32. The van der Waals surface area contributed by atoms with Gasteiger partial charge in [-0.3, -0.25) is 5.32 Å². The van der Waals surface area contributed by atoms with Gasteiger partial charge in [0.1, 0.15) is 0 Å². The quantitative estimate of drug-likeness (QED) is 0.217. The van der Waals surface area contributed by atoms with Crippen molar-refractivity contribution in [3.8, 4) is 21.8 Å². The van der Waals surface area contributed by atoms with Crippen LogP contribution in [0.4, 0.5) is 27.9 Å². The first-order valence-electron chi connectivity index (χ1n) is 10.6. The van der Waals surface area contributed by atoms with Crippen molar-refractivity contribution in [2.75, 3.05) is 16.0 Å². The fourth-order valence-corrected chi connectivity index (χ4v) is 4.82. The highest BCUT2D eigenvalue weighted by molar-refractivity contribution is 9.10. The van der Waals surface area contributed by atoms with E-state index in [0.717, 1.165) is 26.3 Å². The first-order chi connectivity index (χ1) is 17.2. The van der Waals surface area contributed by atoms with Crippen molar-refractivity contribution < 1.29 is 4.79 Å². The summed E-state index contributed by atoms with van der Waals surface area (Å²) < 4.78 is 0.978. The number of anilines is 4. The second-order valence-electron chi connectivity index (χ2n) is 7.28. The number of benzene rings is 2. The molecule has 5 aromatic rings. The highest BCUT2D eigenvalue weighted by Gasteiger charge is 2.11. The molecular weight excluding hydrogens is 526 g/mol. The molecule has 10 heteroatoms. The summed E-state index contributed by atoms with van der Waals surface area (Å²) in [6.45, 7) is 0. The lowest BCUT2D eigenvalue weighted by molar-refractivity contribution is 0.262. The molecule has 0 aliphatic rings. The Morgan fingerprint density at radius 3 is 2.34 bits per heavy atom. The zero-order valence-electron chi connectivity index (χ0n) is 18.1. The number of carbonyl (C=O) groups excluding carboxylic acids is 1. The molecule has 0 saturated heterocycles. The summed E-state index contributed by atoms with van der Waals surface area (Å²) in [5, 5.41) is 19.0. The molecule has 0 fully saturated rings. The first-order valence-corrected chi connectivity index (χ1v) is 12.2. The van der Waals surface area contributed by atoms with Crippen molar-refractivity contribution >= 4 is 56.4 Å². The lowest BCUT2D eigenvalue weighted by Gasteiger charge is -2.13. The maximum Gasteiger partial charge on any atom is 0.324 e. The predicted molar refractivity (Wildman–Crippen MR) is 143 cm³/mol. The Kier molecular flexibility index (Phi) is 6.73. The smallest absolute Gasteiger partial charge is 0.322 e. The van der Waals surface area contributed by atoms with Crippen LogP contribution in [0.5, 0.6) is 0 Å². The molecule has 2 amide bonds. The number of thiophene rings is 1. The third-order valence-electron chi connectivity index (χ3n) is 4.90. The number of carbonyl (C=O) groups is 1. The predicted octanol–water partition coefficient (Wildman–Crippen LogP) is 6.81. The van der Waals surface area contributed by atoms with Gasteiger partial charge in [0.15, 0.2) is 5.82 Å². The molecule has 0 atom stereocenters. The molecule has 35 heavy (non-hydrogen) atoms. The van der Waals surface area contributed by atoms with Gasteiger partial charge in [-0.15, -0.1) is 21.5 Å². The fourth-order valence-electron chi connectivity index (χ4n) is 3.28. The summed E-state index contributed by atoms with van der Waals surface area (Å²) >= 11 is 5.13. The van der Waals surface area contributed by atoms with E-state index in [1.807, 2.05) is 72.1 Å². The van der Waals surface area contributed by atoms with Gasteiger partial charge in [0.05, 0.1) is 27.6 Å². The molecule has 0 radical (unpaired) electrons. The third kappa shape index (κ3) is 5.51. The molecule has 3 heterocycles. The molecule has 0 unspecified atom stereocenters. The minimum Gasteiger partial charge on any atom is -0.322 e. The number of rotatable bonds is 6. The van der Waals surface area contributed by atoms with E-state index < -0.39 is 6.03 Å². The van der Waals surface area contributed by atoms with Crippen LogP contribution in [0.1, 0.15) is 0 Å². The van der Waals surface area contributed by atoms with Gasteiger partial charge in [-0.05, 0) is 57.7 Å². The lowest BCUT2D eigenvalue weighted by Crippen LogP contribution is -2.21. The van der Waals surface area contributed by atoms with Crippen molar-refractivity contribution in [2.45, 2.75) is 0 Å². The number of nitrogens with zero attached hydrogens (tertiary/aromatic N) is 4. The van der Waals surface area contributed by atoms with E-state index in [-0.39, 0.29) is 0 Å². The van der Waals surface area contributed by atoms with Crippen molar-refractivity contribution in [2.24, 2.45) is 0 Å². The summed E-state index contributed by atoms with van der Waals surface area (Å²) in [5.41, 5.74) is 3.68. The van der Waals surface area contributed by atoms with Gasteiger partial charge in [0.25, 0.3) is 0 Å². The van der Waals surface area contributed by atoms with Crippen LogP contribution >= 0.6 is 27.3 Å². The van der Waals surface area contributed by atoms with Crippen molar-refractivity contribution in [3.05, 3.63) is 94.9 Å². The van der Waals surface area contributed by atoms with E-state index >= 15 is 0 Å². The van der Waals surface area contributed by atoms with Gasteiger partial charge in [0, 0.05) is 16.2 Å². The Balaban J connectivity index is 1.27. The highest BCUT2D eigenvalue weighted by Crippen LogP contribution is 2.33. The van der Waals surface area contributed by atoms with Crippen LogP contribution in [-0.4, -0.2) is 26.2 Å². The summed E-state index contributed by atoms with van der Waals surface area (Å²) in [6.07, 6.45) is 1.69. The van der Waals surface area contributed by atoms with E-state index in [2.05, 4.69) is 52.0 Å². The number of halogens is 1. The molecular formula is C25H18BrN7OS. The Hall–Kier alpha value is -4.15. The molecule has 8 nitrogen and oxygen atoms in total. The van der Waals surface area contributed by atoms with E-state index in [1.165, 1.54) is 0 Å². The molecule has 0 saturated carbocycles. The number of aromatic nitrogens is 4. The number of para-hydroxylation sites is 2. The molecule has 0 aliphatic carbocycles. The van der Waals surface area contributed by atoms with Crippen molar-refractivity contribution in [1.29, 1.82) is 0 Å². The number of amides is 2. The van der Waals surface area contributed by atoms with Gasteiger partial charge < -0.3 is 10.6 Å². The summed E-state index contributed by atoms with van der Waals surface area (Å²) in [5.74, 6) is 0.755. The molecule has 3 aromatic heterocycles. The van der Waals surface area contributed by atoms with E-state index in [4.69, 9.17) is 0 Å². The van der Waals surface area contributed by atoms with Crippen LogP contribution < -0.4 is 16.0 Å². The fraction of sp³-hybridized carbons (Fsp3) is 0. The largest absolute Gasteiger partial charge is 0.324 e. The minimum absolute atomic E-state index is 0.338. The summed E-state index contributed by atoms with van der Waals surface area (Å²) in [4.78, 5) is 22.6. The van der Waals surface area contributed by atoms with Crippen LogP contribution in [0.25, 0.3) is 21.8 Å². The van der Waals surface area contributed by atoms with E-state index in [1.54, 1.807) is 29.7 Å². The molecule has 2 aromatic carbocycles. The van der Waals surface area contributed by atoms with Crippen LogP contribution in [0.15, 0.2) is 94.9 Å². The minimum atomic E-state index is -0.446. The molecule has 3 N–H and O–H groups in total. The Morgan fingerprint density at radius 2 is 1.60 bits per heavy atom. The Labute approximate surface area is 213 Å². The number of hydrogen-bond acceptors (Lipinski definition) is 7. The van der Waals surface area contributed by atoms with Crippen LogP contribution in [-0.2, 0) is 0 Å². The van der Waals surface area contributed by atoms with Crippen molar-refractivity contribution in [1.82, 2.24) is 20.2 Å². The second kappa shape index (κ2) is 10.4. The average molecular weight is 544 g/mol. The number of urea groups is 1. The van der Waals surface area contributed by atoms with Gasteiger partial charge >= 0.3 is 6.03 Å². The maximum absolute atomic E-state index is 12.6. The lowest BCUT2D eigenvalue weighted by atomic mass is 10.1. The summed E-state index contributed by atoms with van der Waals surface area (Å²) in [6, 6.07) is 23.9. The first kappa shape index (κ1) is 22.6. The third-order valence-corrected chi connectivity index (χ3v) is 6.76. The molecule has 0 aliphatic heterocycles. The second-order valence-corrected chi connectivity index (χ2v) is 9.05. The topological polar surface area (TPSA) is 105 Å². The molecule has 0 spiro atoms. The molecule has 5 rings (SSSR count). The van der Waals surface area contributed by atoms with Gasteiger partial charge in [0.2, 0.25) is 5.95 Å².